The van der Waals surface area contributed by atoms with Crippen LogP contribution in [0.4, 0.5) is 0 Å². The van der Waals surface area contributed by atoms with Gasteiger partial charge in [0, 0.05) is 50.2 Å². The first-order valence-electron chi connectivity index (χ1n) is 7.40. The topological polar surface area (TPSA) is 71.4 Å². The van der Waals surface area contributed by atoms with Crippen molar-refractivity contribution in [1.82, 2.24) is 19.9 Å². The highest BCUT2D eigenvalue weighted by Gasteiger charge is 2.31. The van der Waals surface area contributed by atoms with Crippen molar-refractivity contribution in [2.75, 3.05) is 20.2 Å². The van der Waals surface area contributed by atoms with E-state index in [2.05, 4.69) is 19.9 Å². The molecule has 0 aromatic carbocycles. The van der Waals surface area contributed by atoms with E-state index < -0.39 is 0 Å². The number of likely N-dealkylation sites (tertiary alicyclic amines) is 1. The van der Waals surface area contributed by atoms with Crippen LogP contribution in [0, 0.1) is 5.92 Å². The Morgan fingerprint density at radius 3 is 2.95 bits per heavy atom. The number of pyridine rings is 1. The molecule has 116 valence electrons. The minimum Gasteiger partial charge on any atom is -0.481 e. The zero-order valence-electron chi connectivity index (χ0n) is 12.6. The molecule has 22 heavy (non-hydrogen) atoms. The van der Waals surface area contributed by atoms with Gasteiger partial charge < -0.3 is 9.84 Å². The molecule has 6 heteroatoms. The standard InChI is InChI=1S/C16H20N4O2/c1-22-16-4-2-3-13(19-16)10-20-9-12(15(21)11-20)7-14-8-17-5-6-18-14/h2-6,8,12,15,21H,7,9-11H2,1H3/t12-,15-/m1/s1. The molecule has 0 amide bonds. The van der Waals surface area contributed by atoms with Crippen molar-refractivity contribution in [3.63, 3.8) is 0 Å². The Hall–Kier alpha value is -2.05. The molecular weight excluding hydrogens is 280 g/mol. The molecule has 6 nitrogen and oxygen atoms in total. The number of hydrogen-bond donors (Lipinski definition) is 1. The second-order valence-electron chi connectivity index (χ2n) is 5.59. The normalized spacial score (nSPS) is 21.9. The average Bonchev–Trinajstić information content (AvgIpc) is 2.88. The quantitative estimate of drug-likeness (QED) is 0.885. The summed E-state index contributed by atoms with van der Waals surface area (Å²) in [4.78, 5) is 15.0. The third kappa shape index (κ3) is 3.58. The van der Waals surface area contributed by atoms with Gasteiger partial charge in [0.2, 0.25) is 5.88 Å². The third-order valence-corrected chi connectivity index (χ3v) is 3.95. The highest BCUT2D eigenvalue weighted by molar-refractivity contribution is 5.15. The molecule has 1 aliphatic rings. The van der Waals surface area contributed by atoms with E-state index in [1.165, 1.54) is 0 Å². The molecule has 3 rings (SSSR count). The lowest BCUT2D eigenvalue weighted by molar-refractivity contribution is 0.140. The summed E-state index contributed by atoms with van der Waals surface area (Å²) in [5.41, 5.74) is 1.87. The minimum atomic E-state index is -0.340. The van der Waals surface area contributed by atoms with Gasteiger partial charge in [0.05, 0.1) is 24.6 Å². The van der Waals surface area contributed by atoms with Crippen molar-refractivity contribution in [2.24, 2.45) is 5.92 Å². The first-order chi connectivity index (χ1) is 10.7. The second kappa shape index (κ2) is 6.81. The van der Waals surface area contributed by atoms with Gasteiger partial charge in [-0.2, -0.15) is 0 Å². The number of β-amino-alcohol motifs (C(OH)–C–C–N with tert-alkyl or cyclic N) is 1. The first-order valence-corrected chi connectivity index (χ1v) is 7.40. The van der Waals surface area contributed by atoms with Gasteiger partial charge in [0.25, 0.3) is 0 Å². The fourth-order valence-electron chi connectivity index (χ4n) is 2.86. The molecule has 1 saturated heterocycles. The summed E-state index contributed by atoms with van der Waals surface area (Å²) in [7, 11) is 1.61. The number of methoxy groups -OCH3 is 1. The monoisotopic (exact) mass is 300 g/mol. The number of nitrogens with zero attached hydrogens (tertiary/aromatic N) is 4. The Morgan fingerprint density at radius 1 is 1.27 bits per heavy atom. The summed E-state index contributed by atoms with van der Waals surface area (Å²) in [6.45, 7) is 2.20. The summed E-state index contributed by atoms with van der Waals surface area (Å²) >= 11 is 0. The van der Waals surface area contributed by atoms with E-state index in [9.17, 15) is 5.11 Å². The van der Waals surface area contributed by atoms with Crippen molar-refractivity contribution in [3.05, 3.63) is 48.2 Å². The smallest absolute Gasteiger partial charge is 0.213 e. The number of rotatable bonds is 5. The lowest BCUT2D eigenvalue weighted by Gasteiger charge is -2.15. The van der Waals surface area contributed by atoms with E-state index in [0.29, 0.717) is 19.0 Å². The molecule has 0 unspecified atom stereocenters. The summed E-state index contributed by atoms with van der Waals surface area (Å²) in [5, 5.41) is 10.3. The van der Waals surface area contributed by atoms with Gasteiger partial charge >= 0.3 is 0 Å². The summed E-state index contributed by atoms with van der Waals surface area (Å²) in [6.07, 6.45) is 5.52. The Morgan fingerprint density at radius 2 is 2.18 bits per heavy atom. The van der Waals surface area contributed by atoms with Gasteiger partial charge in [-0.25, -0.2) is 4.98 Å². The minimum absolute atomic E-state index is 0.183. The second-order valence-corrected chi connectivity index (χ2v) is 5.59. The molecule has 1 N–H and O–H groups in total. The van der Waals surface area contributed by atoms with Crippen LogP contribution in [0.2, 0.25) is 0 Å². The first kappa shape index (κ1) is 14.9. The molecule has 0 bridgehead atoms. The van der Waals surface area contributed by atoms with Crippen LogP contribution in [0.1, 0.15) is 11.4 Å². The van der Waals surface area contributed by atoms with Gasteiger partial charge in [-0.3, -0.25) is 14.9 Å². The number of aromatic nitrogens is 3. The van der Waals surface area contributed by atoms with E-state index in [-0.39, 0.29) is 12.0 Å². The van der Waals surface area contributed by atoms with Crippen molar-refractivity contribution in [2.45, 2.75) is 19.1 Å². The fourth-order valence-corrected chi connectivity index (χ4v) is 2.86. The maximum atomic E-state index is 10.3. The highest BCUT2D eigenvalue weighted by Crippen LogP contribution is 2.22. The SMILES string of the molecule is COc1cccc(CN2C[C@@H](Cc3cnccn3)[C@H](O)C2)n1. The van der Waals surface area contributed by atoms with E-state index >= 15 is 0 Å². The Labute approximate surface area is 129 Å². The Balaban J connectivity index is 1.60. The van der Waals surface area contributed by atoms with Crippen molar-refractivity contribution in [3.8, 4) is 5.88 Å². The Kier molecular flexibility index (Phi) is 4.60. The maximum Gasteiger partial charge on any atom is 0.213 e. The van der Waals surface area contributed by atoms with Crippen LogP contribution in [-0.2, 0) is 13.0 Å². The predicted molar refractivity (Wildman–Crippen MR) is 81.3 cm³/mol. The molecule has 2 aromatic heterocycles. The van der Waals surface area contributed by atoms with Crippen LogP contribution in [0.15, 0.2) is 36.8 Å². The number of aliphatic hydroxyl groups is 1. The largest absolute Gasteiger partial charge is 0.481 e. The third-order valence-electron chi connectivity index (χ3n) is 3.95. The number of ether oxygens (including phenoxy) is 1. The van der Waals surface area contributed by atoms with Crippen LogP contribution in [-0.4, -0.2) is 51.3 Å². The average molecular weight is 300 g/mol. The zero-order chi connectivity index (χ0) is 15.4. The molecule has 2 aromatic rings. The fraction of sp³-hybridized carbons (Fsp3) is 0.438. The summed E-state index contributed by atoms with van der Waals surface area (Å²) in [6, 6.07) is 5.74. The molecule has 1 fully saturated rings. The summed E-state index contributed by atoms with van der Waals surface area (Å²) in [5.74, 6) is 0.802. The van der Waals surface area contributed by atoms with Crippen LogP contribution in [0.25, 0.3) is 0 Å². The van der Waals surface area contributed by atoms with Gasteiger partial charge in [-0.05, 0) is 12.5 Å². The molecule has 0 spiro atoms. The van der Waals surface area contributed by atoms with E-state index in [0.717, 1.165) is 24.4 Å². The van der Waals surface area contributed by atoms with Crippen molar-refractivity contribution >= 4 is 0 Å². The van der Waals surface area contributed by atoms with Crippen molar-refractivity contribution in [1.29, 1.82) is 0 Å². The van der Waals surface area contributed by atoms with Gasteiger partial charge in [-0.15, -0.1) is 0 Å². The van der Waals surface area contributed by atoms with E-state index in [1.54, 1.807) is 25.7 Å². The van der Waals surface area contributed by atoms with E-state index in [4.69, 9.17) is 4.74 Å². The van der Waals surface area contributed by atoms with Crippen LogP contribution >= 0.6 is 0 Å². The van der Waals surface area contributed by atoms with Crippen LogP contribution in [0.5, 0.6) is 5.88 Å². The van der Waals surface area contributed by atoms with Crippen molar-refractivity contribution < 1.29 is 9.84 Å². The number of hydrogen-bond acceptors (Lipinski definition) is 6. The molecule has 2 atom stereocenters. The lowest BCUT2D eigenvalue weighted by Crippen LogP contribution is -2.22. The zero-order valence-corrected chi connectivity index (χ0v) is 12.6. The maximum absolute atomic E-state index is 10.3. The molecule has 0 radical (unpaired) electrons. The lowest BCUT2D eigenvalue weighted by atomic mass is 10.0. The van der Waals surface area contributed by atoms with Gasteiger partial charge in [-0.1, -0.05) is 6.07 Å². The van der Waals surface area contributed by atoms with Gasteiger partial charge in [0.15, 0.2) is 0 Å². The highest BCUT2D eigenvalue weighted by atomic mass is 16.5. The number of aliphatic hydroxyl groups excluding tert-OH is 1. The Bertz CT molecular complexity index is 608. The molecular formula is C16H20N4O2. The molecule has 0 saturated carbocycles. The molecule has 0 aliphatic carbocycles. The van der Waals surface area contributed by atoms with E-state index in [1.807, 2.05) is 18.2 Å². The molecule has 1 aliphatic heterocycles. The van der Waals surface area contributed by atoms with Crippen LogP contribution < -0.4 is 4.74 Å². The van der Waals surface area contributed by atoms with Gasteiger partial charge in [0.1, 0.15) is 0 Å². The predicted octanol–water partition coefficient (Wildman–Crippen LogP) is 0.916. The van der Waals surface area contributed by atoms with Crippen LogP contribution in [0.3, 0.4) is 0 Å². The molecule has 3 heterocycles. The summed E-state index contributed by atoms with van der Waals surface area (Å²) < 4.78 is 5.15.